The molecule has 0 N–H and O–H groups in total. The van der Waals surface area contributed by atoms with Crippen molar-refractivity contribution in [3.63, 3.8) is 0 Å². The number of hydrogen-bond donors (Lipinski definition) is 0. The molecule has 2 nitrogen and oxygen atoms in total. The van der Waals surface area contributed by atoms with Crippen molar-refractivity contribution in [1.82, 2.24) is 0 Å². The molecule has 0 amide bonds. The lowest BCUT2D eigenvalue weighted by atomic mass is 9.95. The van der Waals surface area contributed by atoms with E-state index in [9.17, 15) is 0 Å². The average molecular weight is 248 g/mol. The van der Waals surface area contributed by atoms with E-state index in [0.717, 1.165) is 25.2 Å². The Morgan fingerprint density at radius 2 is 2.11 bits per heavy atom. The van der Waals surface area contributed by atoms with Crippen molar-refractivity contribution < 1.29 is 9.47 Å². The first-order valence-electron chi connectivity index (χ1n) is 6.99. The Labute approximate surface area is 110 Å². The summed E-state index contributed by atoms with van der Waals surface area (Å²) in [4.78, 5) is 0. The van der Waals surface area contributed by atoms with E-state index in [1.807, 2.05) is 0 Å². The minimum Gasteiger partial charge on any atom is -0.493 e. The summed E-state index contributed by atoms with van der Waals surface area (Å²) in [6, 6.07) is 6.47. The second-order valence-electron chi connectivity index (χ2n) is 5.45. The highest BCUT2D eigenvalue weighted by Gasteiger charge is 2.38. The molecule has 100 valence electrons. The van der Waals surface area contributed by atoms with E-state index in [4.69, 9.17) is 9.47 Å². The second-order valence-corrected chi connectivity index (χ2v) is 5.45. The minimum atomic E-state index is 0.435. The van der Waals surface area contributed by atoms with Crippen molar-refractivity contribution in [2.45, 2.75) is 52.7 Å². The highest BCUT2D eigenvalue weighted by molar-refractivity contribution is 5.37. The van der Waals surface area contributed by atoms with Crippen LogP contribution in [0.5, 0.6) is 5.75 Å². The van der Waals surface area contributed by atoms with Gasteiger partial charge in [0.1, 0.15) is 5.75 Å². The highest BCUT2D eigenvalue weighted by atomic mass is 16.6. The zero-order valence-electron chi connectivity index (χ0n) is 11.9. The topological polar surface area (TPSA) is 21.8 Å². The highest BCUT2D eigenvalue weighted by Crippen LogP contribution is 2.33. The van der Waals surface area contributed by atoms with E-state index in [2.05, 4.69) is 45.9 Å². The van der Waals surface area contributed by atoms with Gasteiger partial charge < -0.3 is 9.47 Å². The number of rotatable bonds is 6. The third-order valence-electron chi connectivity index (χ3n) is 3.54. The molecule has 18 heavy (non-hydrogen) atoms. The summed E-state index contributed by atoms with van der Waals surface area (Å²) >= 11 is 0. The first-order chi connectivity index (χ1) is 8.61. The van der Waals surface area contributed by atoms with Gasteiger partial charge in [0.2, 0.25) is 0 Å². The van der Waals surface area contributed by atoms with Gasteiger partial charge in [-0.3, -0.25) is 0 Å². The number of benzene rings is 1. The van der Waals surface area contributed by atoms with Crippen LogP contribution in [0.2, 0.25) is 0 Å². The van der Waals surface area contributed by atoms with Crippen molar-refractivity contribution >= 4 is 0 Å². The molecule has 1 aliphatic rings. The van der Waals surface area contributed by atoms with Crippen LogP contribution in [0, 0.1) is 12.8 Å². The lowest BCUT2D eigenvalue weighted by molar-refractivity contribution is 0.305. The van der Waals surface area contributed by atoms with Gasteiger partial charge in [-0.1, -0.05) is 31.5 Å². The largest absolute Gasteiger partial charge is 0.493 e. The van der Waals surface area contributed by atoms with Gasteiger partial charge in [0, 0.05) is 0 Å². The SMILES string of the molecule is CCCOc1ccc(C)cc1CC(C)C1OC1C. The van der Waals surface area contributed by atoms with E-state index in [1.165, 1.54) is 11.1 Å². The molecule has 0 aromatic heterocycles. The van der Waals surface area contributed by atoms with Crippen molar-refractivity contribution in [1.29, 1.82) is 0 Å². The number of aryl methyl sites for hydroxylation is 1. The van der Waals surface area contributed by atoms with Gasteiger partial charge in [0.25, 0.3) is 0 Å². The third kappa shape index (κ3) is 3.26. The predicted octanol–water partition coefficient (Wildman–Crippen LogP) is 3.75. The molecule has 1 aliphatic heterocycles. The Hall–Kier alpha value is -1.02. The lowest BCUT2D eigenvalue weighted by Gasteiger charge is -2.14. The first-order valence-corrected chi connectivity index (χ1v) is 6.99. The fraction of sp³-hybridized carbons (Fsp3) is 0.625. The summed E-state index contributed by atoms with van der Waals surface area (Å²) in [6.45, 7) is 9.47. The molecular weight excluding hydrogens is 224 g/mol. The van der Waals surface area contributed by atoms with E-state index < -0.39 is 0 Å². The number of epoxide rings is 1. The maximum Gasteiger partial charge on any atom is 0.122 e. The van der Waals surface area contributed by atoms with Crippen LogP contribution in [0.15, 0.2) is 18.2 Å². The van der Waals surface area contributed by atoms with Gasteiger partial charge in [-0.05, 0) is 44.2 Å². The Morgan fingerprint density at radius 1 is 1.39 bits per heavy atom. The van der Waals surface area contributed by atoms with E-state index >= 15 is 0 Å². The second kappa shape index (κ2) is 5.75. The fourth-order valence-electron chi connectivity index (χ4n) is 2.48. The van der Waals surface area contributed by atoms with Crippen LogP contribution in [0.4, 0.5) is 0 Å². The predicted molar refractivity (Wildman–Crippen MR) is 74.2 cm³/mol. The zero-order chi connectivity index (χ0) is 13.1. The normalized spacial score (nSPS) is 23.8. The van der Waals surface area contributed by atoms with Gasteiger partial charge in [-0.2, -0.15) is 0 Å². The van der Waals surface area contributed by atoms with Gasteiger partial charge in [-0.15, -0.1) is 0 Å². The summed E-state index contributed by atoms with van der Waals surface area (Å²) in [6.07, 6.45) is 2.95. The quantitative estimate of drug-likeness (QED) is 0.715. The van der Waals surface area contributed by atoms with Crippen molar-refractivity contribution in [3.05, 3.63) is 29.3 Å². The molecule has 0 bridgehead atoms. The average Bonchev–Trinajstić information content (AvgIpc) is 3.05. The summed E-state index contributed by atoms with van der Waals surface area (Å²) in [5.74, 6) is 1.60. The standard InChI is InChI=1S/C16H24O2/c1-5-8-17-15-7-6-11(2)9-14(15)10-12(3)16-13(4)18-16/h6-7,9,12-13,16H,5,8,10H2,1-4H3. The van der Waals surface area contributed by atoms with E-state index in [1.54, 1.807) is 0 Å². The molecule has 0 aliphatic carbocycles. The Kier molecular flexibility index (Phi) is 4.28. The molecule has 1 aromatic rings. The molecule has 0 saturated carbocycles. The van der Waals surface area contributed by atoms with Crippen LogP contribution in [-0.2, 0) is 11.2 Å². The van der Waals surface area contributed by atoms with Crippen LogP contribution in [0.3, 0.4) is 0 Å². The maximum atomic E-state index is 5.83. The van der Waals surface area contributed by atoms with Gasteiger partial charge >= 0.3 is 0 Å². The maximum absolute atomic E-state index is 5.83. The summed E-state index contributed by atoms with van der Waals surface area (Å²) in [5, 5.41) is 0. The molecule has 1 fully saturated rings. The van der Waals surface area contributed by atoms with Gasteiger partial charge in [0.15, 0.2) is 0 Å². The number of ether oxygens (including phenoxy) is 2. The molecule has 2 heteroatoms. The van der Waals surface area contributed by atoms with Crippen LogP contribution in [0.1, 0.15) is 38.3 Å². The zero-order valence-corrected chi connectivity index (χ0v) is 11.9. The van der Waals surface area contributed by atoms with Crippen LogP contribution in [0.25, 0.3) is 0 Å². The van der Waals surface area contributed by atoms with Crippen molar-refractivity contribution in [2.75, 3.05) is 6.61 Å². The molecule has 1 heterocycles. The minimum absolute atomic E-state index is 0.435. The Morgan fingerprint density at radius 3 is 2.72 bits per heavy atom. The van der Waals surface area contributed by atoms with E-state index in [-0.39, 0.29) is 0 Å². The molecular formula is C16H24O2. The lowest BCUT2D eigenvalue weighted by Crippen LogP contribution is -2.10. The Bertz CT molecular complexity index is 400. The molecule has 1 saturated heterocycles. The van der Waals surface area contributed by atoms with E-state index in [0.29, 0.717) is 18.1 Å². The first kappa shape index (κ1) is 13.4. The summed E-state index contributed by atoms with van der Waals surface area (Å²) in [5.41, 5.74) is 2.62. The summed E-state index contributed by atoms with van der Waals surface area (Å²) in [7, 11) is 0. The molecule has 3 unspecified atom stereocenters. The monoisotopic (exact) mass is 248 g/mol. The smallest absolute Gasteiger partial charge is 0.122 e. The molecule has 1 aromatic carbocycles. The summed E-state index contributed by atoms with van der Waals surface area (Å²) < 4.78 is 11.4. The van der Waals surface area contributed by atoms with Gasteiger partial charge in [0.05, 0.1) is 18.8 Å². The Balaban J connectivity index is 2.06. The van der Waals surface area contributed by atoms with Crippen molar-refractivity contribution in [3.8, 4) is 5.75 Å². The number of hydrogen-bond acceptors (Lipinski definition) is 2. The van der Waals surface area contributed by atoms with Crippen LogP contribution >= 0.6 is 0 Å². The fourth-order valence-corrected chi connectivity index (χ4v) is 2.48. The molecule has 0 spiro atoms. The van der Waals surface area contributed by atoms with Crippen LogP contribution < -0.4 is 4.74 Å². The van der Waals surface area contributed by atoms with Crippen LogP contribution in [-0.4, -0.2) is 18.8 Å². The van der Waals surface area contributed by atoms with Gasteiger partial charge in [-0.25, -0.2) is 0 Å². The third-order valence-corrected chi connectivity index (χ3v) is 3.54. The molecule has 3 atom stereocenters. The molecule has 2 rings (SSSR count). The molecule has 0 radical (unpaired) electrons. The van der Waals surface area contributed by atoms with Crippen molar-refractivity contribution in [2.24, 2.45) is 5.92 Å².